The Morgan fingerprint density at radius 1 is 1.04 bits per heavy atom. The van der Waals surface area contributed by atoms with Gasteiger partial charge in [-0.05, 0) is 23.8 Å². The second kappa shape index (κ2) is 7.64. The van der Waals surface area contributed by atoms with Crippen molar-refractivity contribution in [2.24, 2.45) is 0 Å². The van der Waals surface area contributed by atoms with Gasteiger partial charge in [0.25, 0.3) is 0 Å². The van der Waals surface area contributed by atoms with Crippen LogP contribution in [0.4, 0.5) is 4.39 Å². The third kappa shape index (κ3) is 4.58. The minimum atomic E-state index is -0.493. The van der Waals surface area contributed by atoms with Crippen LogP contribution in [0.25, 0.3) is 0 Å². The number of β-amino-alcohol motifs (C(OH)–C–C–N with tert-alkyl or cyclic N) is 1. The zero-order valence-corrected chi connectivity index (χ0v) is 13.1. The number of nitrogens with zero attached hydrogens (tertiary/aromatic N) is 3. The highest BCUT2D eigenvalue weighted by Gasteiger charge is 2.20. The smallest absolute Gasteiger partial charge is 0.123 e. The van der Waals surface area contributed by atoms with Crippen LogP contribution in [0, 0.1) is 5.82 Å². The van der Waals surface area contributed by atoms with Crippen molar-refractivity contribution < 1.29 is 9.50 Å². The van der Waals surface area contributed by atoms with Gasteiger partial charge < -0.3 is 5.11 Å². The van der Waals surface area contributed by atoms with Gasteiger partial charge in [-0.25, -0.2) is 4.39 Å². The topological polar surface area (TPSA) is 39.6 Å². The fourth-order valence-corrected chi connectivity index (χ4v) is 2.90. The highest BCUT2D eigenvalue weighted by Crippen LogP contribution is 2.15. The zero-order valence-electron chi connectivity index (χ0n) is 13.1. The highest BCUT2D eigenvalue weighted by atomic mass is 19.1. The van der Waals surface area contributed by atoms with Gasteiger partial charge in [0.05, 0.1) is 6.10 Å². The van der Waals surface area contributed by atoms with Gasteiger partial charge in [0.1, 0.15) is 5.82 Å². The van der Waals surface area contributed by atoms with Crippen LogP contribution in [-0.4, -0.2) is 52.6 Å². The molecule has 23 heavy (non-hydrogen) atoms. The number of aliphatic hydroxyl groups excluding tert-OH is 1. The highest BCUT2D eigenvalue weighted by molar-refractivity contribution is 5.16. The fourth-order valence-electron chi connectivity index (χ4n) is 2.90. The van der Waals surface area contributed by atoms with Crippen molar-refractivity contribution >= 4 is 0 Å². The van der Waals surface area contributed by atoms with Gasteiger partial charge in [-0.3, -0.25) is 14.8 Å². The van der Waals surface area contributed by atoms with Crippen LogP contribution in [0.1, 0.15) is 17.2 Å². The summed E-state index contributed by atoms with van der Waals surface area (Å²) in [6.07, 6.45) is 2.94. The Morgan fingerprint density at radius 3 is 2.39 bits per heavy atom. The first-order valence-corrected chi connectivity index (χ1v) is 7.98. The lowest BCUT2D eigenvalue weighted by Crippen LogP contribution is -2.47. The first kappa shape index (κ1) is 16.1. The first-order chi connectivity index (χ1) is 11.2. The van der Waals surface area contributed by atoms with Crippen molar-refractivity contribution in [3.63, 3.8) is 0 Å². The number of aromatic nitrogens is 1. The molecule has 1 aromatic carbocycles. The lowest BCUT2D eigenvalue weighted by molar-refractivity contribution is 0.0699. The van der Waals surface area contributed by atoms with Gasteiger partial charge in [0.15, 0.2) is 0 Å². The van der Waals surface area contributed by atoms with Gasteiger partial charge in [-0.15, -0.1) is 0 Å². The van der Waals surface area contributed by atoms with Crippen LogP contribution in [0.5, 0.6) is 0 Å². The van der Waals surface area contributed by atoms with Crippen molar-refractivity contribution in [2.75, 3.05) is 32.7 Å². The molecule has 1 atom stereocenters. The number of pyridine rings is 1. The van der Waals surface area contributed by atoms with Gasteiger partial charge in [-0.1, -0.05) is 18.2 Å². The van der Waals surface area contributed by atoms with E-state index in [0.29, 0.717) is 6.54 Å². The van der Waals surface area contributed by atoms with Gasteiger partial charge in [-0.2, -0.15) is 0 Å². The summed E-state index contributed by atoms with van der Waals surface area (Å²) in [7, 11) is 0. The summed E-state index contributed by atoms with van der Waals surface area (Å²) in [5.41, 5.74) is 2.00. The van der Waals surface area contributed by atoms with E-state index in [1.807, 2.05) is 24.3 Å². The van der Waals surface area contributed by atoms with Crippen molar-refractivity contribution in [2.45, 2.75) is 12.6 Å². The lowest BCUT2D eigenvalue weighted by Gasteiger charge is -2.35. The molecule has 4 nitrogen and oxygen atoms in total. The Kier molecular flexibility index (Phi) is 5.33. The van der Waals surface area contributed by atoms with E-state index >= 15 is 0 Å². The molecule has 0 spiro atoms. The third-order valence-electron chi connectivity index (χ3n) is 4.28. The number of hydrogen-bond donors (Lipinski definition) is 1. The van der Waals surface area contributed by atoms with Crippen molar-refractivity contribution in [3.05, 3.63) is 65.7 Å². The molecule has 0 bridgehead atoms. The fraction of sp³-hybridized carbons (Fsp3) is 0.389. The largest absolute Gasteiger partial charge is 0.387 e. The predicted molar refractivity (Wildman–Crippen MR) is 87.3 cm³/mol. The molecule has 5 heteroatoms. The lowest BCUT2D eigenvalue weighted by atomic mass is 10.1. The van der Waals surface area contributed by atoms with Gasteiger partial charge in [0.2, 0.25) is 0 Å². The number of hydrogen-bond acceptors (Lipinski definition) is 4. The van der Waals surface area contributed by atoms with Crippen LogP contribution in [-0.2, 0) is 6.54 Å². The molecule has 1 aliphatic heterocycles. The minimum absolute atomic E-state index is 0.192. The molecule has 1 unspecified atom stereocenters. The summed E-state index contributed by atoms with van der Waals surface area (Å²) in [5.74, 6) is -0.192. The summed E-state index contributed by atoms with van der Waals surface area (Å²) in [6, 6.07) is 10.5. The minimum Gasteiger partial charge on any atom is -0.387 e. The molecule has 2 heterocycles. The number of benzene rings is 1. The van der Waals surface area contributed by atoms with Crippen LogP contribution < -0.4 is 0 Å². The molecule has 0 radical (unpaired) electrons. The Balaban J connectivity index is 1.46. The van der Waals surface area contributed by atoms with Crippen molar-refractivity contribution in [1.29, 1.82) is 0 Å². The normalized spacial score (nSPS) is 18.0. The molecule has 1 fully saturated rings. The van der Waals surface area contributed by atoms with Crippen LogP contribution >= 0.6 is 0 Å². The second-order valence-electron chi connectivity index (χ2n) is 6.01. The summed E-state index contributed by atoms with van der Waals surface area (Å²) >= 11 is 0. The Hall–Kier alpha value is -1.82. The molecule has 0 saturated carbocycles. The molecule has 0 aliphatic carbocycles. The number of aliphatic hydroxyl groups is 1. The molecule has 1 aliphatic rings. The molecule has 3 rings (SSSR count). The maximum absolute atomic E-state index is 12.9. The Morgan fingerprint density at radius 2 is 1.74 bits per heavy atom. The monoisotopic (exact) mass is 315 g/mol. The molecule has 2 aromatic rings. The third-order valence-corrected chi connectivity index (χ3v) is 4.28. The standard InChI is InChI=1S/C18H22FN3O/c19-17-5-3-15(4-6-17)13-21-8-10-22(11-9-21)14-18(23)16-2-1-7-20-12-16/h1-7,12,18,23H,8-11,13-14H2. The number of halogens is 1. The molecule has 1 aromatic heterocycles. The molecular formula is C18H22FN3O. The van der Waals surface area contributed by atoms with E-state index in [4.69, 9.17) is 0 Å². The molecule has 1 N–H and O–H groups in total. The van der Waals surface area contributed by atoms with E-state index in [2.05, 4.69) is 14.8 Å². The molecular weight excluding hydrogens is 293 g/mol. The first-order valence-electron chi connectivity index (χ1n) is 7.98. The van der Waals surface area contributed by atoms with Crippen molar-refractivity contribution in [1.82, 2.24) is 14.8 Å². The van der Waals surface area contributed by atoms with E-state index in [1.165, 1.54) is 12.1 Å². The zero-order chi connectivity index (χ0) is 16.1. The number of rotatable bonds is 5. The van der Waals surface area contributed by atoms with E-state index in [0.717, 1.165) is 43.9 Å². The summed E-state index contributed by atoms with van der Waals surface area (Å²) in [5, 5.41) is 10.3. The second-order valence-corrected chi connectivity index (χ2v) is 6.01. The average Bonchev–Trinajstić information content (AvgIpc) is 2.59. The summed E-state index contributed by atoms with van der Waals surface area (Å²) in [4.78, 5) is 8.69. The molecule has 0 amide bonds. The van der Waals surface area contributed by atoms with Crippen LogP contribution in [0.2, 0.25) is 0 Å². The maximum atomic E-state index is 12.9. The van der Waals surface area contributed by atoms with Gasteiger partial charge >= 0.3 is 0 Å². The Labute approximate surface area is 136 Å². The molecule has 1 saturated heterocycles. The van der Waals surface area contributed by atoms with E-state index in [1.54, 1.807) is 12.4 Å². The van der Waals surface area contributed by atoms with Gasteiger partial charge in [0, 0.05) is 57.2 Å². The predicted octanol–water partition coefficient (Wildman–Crippen LogP) is 2.07. The molecule has 122 valence electrons. The quantitative estimate of drug-likeness (QED) is 0.917. The summed E-state index contributed by atoms with van der Waals surface area (Å²) in [6.45, 7) is 5.25. The van der Waals surface area contributed by atoms with Crippen LogP contribution in [0.15, 0.2) is 48.8 Å². The van der Waals surface area contributed by atoms with E-state index in [9.17, 15) is 9.50 Å². The van der Waals surface area contributed by atoms with E-state index in [-0.39, 0.29) is 5.82 Å². The SMILES string of the molecule is OC(CN1CCN(Cc2ccc(F)cc2)CC1)c1cccnc1. The maximum Gasteiger partial charge on any atom is 0.123 e. The summed E-state index contributed by atoms with van der Waals surface area (Å²) < 4.78 is 12.9. The average molecular weight is 315 g/mol. The van der Waals surface area contributed by atoms with Crippen molar-refractivity contribution in [3.8, 4) is 0 Å². The number of piperazine rings is 1. The van der Waals surface area contributed by atoms with E-state index < -0.39 is 6.10 Å². The Bertz CT molecular complexity index is 597. The van der Waals surface area contributed by atoms with Crippen LogP contribution in [0.3, 0.4) is 0 Å².